The predicted molar refractivity (Wildman–Crippen MR) is 137 cm³/mol. The first-order valence-corrected chi connectivity index (χ1v) is 12.8. The molecule has 0 aliphatic rings. The molecule has 0 fully saturated rings. The summed E-state index contributed by atoms with van der Waals surface area (Å²) in [7, 11) is 0. The van der Waals surface area contributed by atoms with E-state index in [1.807, 2.05) is 0 Å². The molecule has 7 aromatic rings. The Kier molecular flexibility index (Phi) is 4.16. The first-order chi connectivity index (χ1) is 16.4. The van der Waals surface area contributed by atoms with Crippen LogP contribution in [0.15, 0.2) is 114 Å². The summed E-state index contributed by atoms with van der Waals surface area (Å²) in [4.78, 5) is 7.39. The first kappa shape index (κ1) is 18.7. The van der Waals surface area contributed by atoms with Crippen LogP contribution in [0, 0.1) is 0 Å². The van der Waals surface area contributed by atoms with Crippen LogP contribution in [0.2, 0.25) is 0 Å². The summed E-state index contributed by atoms with van der Waals surface area (Å²) in [6.07, 6.45) is 2.18. The Morgan fingerprint density at radius 2 is 1.15 bits per heavy atom. The summed E-state index contributed by atoms with van der Waals surface area (Å²) in [5.41, 5.74) is 7.02. The second kappa shape index (κ2) is 7.35. The maximum atomic E-state index is 5.14. The molecule has 0 amide bonds. The zero-order chi connectivity index (χ0) is 21.8. The van der Waals surface area contributed by atoms with Crippen molar-refractivity contribution < 1.29 is 0 Å². The van der Waals surface area contributed by atoms with Gasteiger partial charge in [-0.2, -0.15) is 0 Å². The maximum absolute atomic E-state index is 5.14. The van der Waals surface area contributed by atoms with Gasteiger partial charge in [-0.25, -0.2) is 0 Å². The average Bonchev–Trinajstić information content (AvgIpc) is 3.57. The van der Waals surface area contributed by atoms with E-state index in [-0.39, 0.29) is 14.5 Å². The van der Waals surface area contributed by atoms with Gasteiger partial charge in [0.1, 0.15) is 0 Å². The van der Waals surface area contributed by atoms with Gasteiger partial charge < -0.3 is 0 Å². The molecule has 0 bridgehead atoms. The van der Waals surface area contributed by atoms with E-state index in [9.17, 15) is 0 Å². The van der Waals surface area contributed by atoms with Gasteiger partial charge in [-0.05, 0) is 0 Å². The van der Waals surface area contributed by atoms with Gasteiger partial charge in [-0.3, -0.25) is 0 Å². The van der Waals surface area contributed by atoms with Crippen LogP contribution in [0.5, 0.6) is 0 Å². The fraction of sp³-hybridized carbons (Fsp3) is 0. The van der Waals surface area contributed by atoms with Gasteiger partial charge in [-0.1, -0.05) is 0 Å². The molecule has 0 saturated carbocycles. The van der Waals surface area contributed by atoms with E-state index >= 15 is 0 Å². The number of para-hydroxylation sites is 2. The van der Waals surface area contributed by atoms with Crippen molar-refractivity contribution in [1.29, 1.82) is 0 Å². The number of nitrogens with zero attached hydrogens (tertiary/aromatic N) is 3. The van der Waals surface area contributed by atoms with E-state index in [0.29, 0.717) is 0 Å². The van der Waals surface area contributed by atoms with Gasteiger partial charge in [0.2, 0.25) is 0 Å². The van der Waals surface area contributed by atoms with Gasteiger partial charge in [0.05, 0.1) is 0 Å². The number of aromatic nitrogens is 3. The number of hydrogen-bond acceptors (Lipinski definition) is 1. The van der Waals surface area contributed by atoms with Crippen LogP contribution in [-0.4, -0.2) is 28.5 Å². The molecule has 3 heterocycles. The molecule has 0 saturated heterocycles. The fourth-order valence-electron chi connectivity index (χ4n) is 4.78. The third-order valence-corrected chi connectivity index (χ3v) is 7.88. The molecule has 0 atom stereocenters. The van der Waals surface area contributed by atoms with Crippen LogP contribution in [-0.2, 0) is 0 Å². The molecule has 0 unspecified atom stereocenters. The van der Waals surface area contributed by atoms with Crippen LogP contribution in [0.25, 0.3) is 54.5 Å². The number of rotatable bonds is 3. The number of benzene rings is 4. The SMILES string of the molecule is c1ccc(-c2ccc(-c3nc4[se]ccn4c3-n3c4ccccc4c4ccccc43)cc2)cc1. The first-order valence-electron chi connectivity index (χ1n) is 11.0. The molecule has 0 aliphatic carbocycles. The van der Waals surface area contributed by atoms with Crippen LogP contribution >= 0.6 is 0 Å². The summed E-state index contributed by atoms with van der Waals surface area (Å²) in [6, 6.07) is 36.6. The Hall–Kier alpha value is -3.85. The van der Waals surface area contributed by atoms with E-state index in [1.165, 1.54) is 32.9 Å². The third kappa shape index (κ3) is 2.85. The van der Waals surface area contributed by atoms with Gasteiger partial charge in [0.15, 0.2) is 0 Å². The van der Waals surface area contributed by atoms with Crippen molar-refractivity contribution in [2.45, 2.75) is 0 Å². The number of imidazole rings is 1. The Bertz CT molecular complexity index is 1700. The quantitative estimate of drug-likeness (QED) is 0.250. The van der Waals surface area contributed by atoms with Crippen LogP contribution < -0.4 is 0 Å². The summed E-state index contributed by atoms with van der Waals surface area (Å²) in [6.45, 7) is 0. The Morgan fingerprint density at radius 3 is 1.85 bits per heavy atom. The Balaban J connectivity index is 1.50. The normalized spacial score (nSPS) is 11.6. The van der Waals surface area contributed by atoms with Crippen LogP contribution in [0.3, 0.4) is 0 Å². The minimum atomic E-state index is 0.246. The molecule has 3 aromatic heterocycles. The second-order valence-corrected chi connectivity index (χ2v) is 9.98. The summed E-state index contributed by atoms with van der Waals surface area (Å²) in [5, 5.41) is 2.53. The van der Waals surface area contributed by atoms with Crippen molar-refractivity contribution in [1.82, 2.24) is 14.0 Å². The zero-order valence-corrected chi connectivity index (χ0v) is 19.4. The van der Waals surface area contributed by atoms with Crippen molar-refractivity contribution >= 4 is 40.8 Å². The molecule has 4 aromatic carbocycles. The van der Waals surface area contributed by atoms with Gasteiger partial charge in [0, 0.05) is 0 Å². The molecular formula is C29H19N3Se. The van der Waals surface area contributed by atoms with E-state index < -0.39 is 0 Å². The molecule has 156 valence electrons. The molecule has 0 N–H and O–H groups in total. The van der Waals surface area contributed by atoms with Crippen molar-refractivity contribution in [2.75, 3.05) is 0 Å². The average molecular weight is 488 g/mol. The second-order valence-electron chi connectivity index (χ2n) is 8.15. The molecule has 3 nitrogen and oxygen atoms in total. The standard InChI is InChI=1S/C29H19N3Se/c1-2-8-20(9-3-1)21-14-16-22(17-15-21)27-28(31-18-19-33-29(31)30-27)32-25-12-6-4-10-23(25)24-11-5-7-13-26(24)32/h1-19H. The summed E-state index contributed by atoms with van der Waals surface area (Å²) < 4.78 is 5.80. The molecule has 4 heteroatoms. The van der Waals surface area contributed by atoms with Crippen LogP contribution in [0.4, 0.5) is 0 Å². The van der Waals surface area contributed by atoms with E-state index in [4.69, 9.17) is 4.98 Å². The molecule has 0 aliphatic heterocycles. The van der Waals surface area contributed by atoms with Gasteiger partial charge in [0.25, 0.3) is 0 Å². The predicted octanol–water partition coefficient (Wildman–Crippen LogP) is 6.82. The van der Waals surface area contributed by atoms with E-state index in [1.54, 1.807) is 0 Å². The number of hydrogen-bond donors (Lipinski definition) is 0. The van der Waals surface area contributed by atoms with Crippen molar-refractivity contribution in [3.63, 3.8) is 0 Å². The third-order valence-electron chi connectivity index (χ3n) is 6.29. The molecule has 33 heavy (non-hydrogen) atoms. The zero-order valence-electron chi connectivity index (χ0n) is 17.7. The van der Waals surface area contributed by atoms with Crippen molar-refractivity contribution in [3.05, 3.63) is 114 Å². The van der Waals surface area contributed by atoms with E-state index in [0.717, 1.165) is 21.6 Å². The van der Waals surface area contributed by atoms with Crippen molar-refractivity contribution in [2.24, 2.45) is 0 Å². The van der Waals surface area contributed by atoms with Gasteiger partial charge in [-0.15, -0.1) is 0 Å². The fourth-order valence-corrected chi connectivity index (χ4v) is 6.27. The van der Waals surface area contributed by atoms with Gasteiger partial charge >= 0.3 is 197 Å². The molecule has 0 radical (unpaired) electrons. The van der Waals surface area contributed by atoms with E-state index in [2.05, 4.69) is 123 Å². The molecular weight excluding hydrogens is 469 g/mol. The summed E-state index contributed by atoms with van der Waals surface area (Å²) >= 11 is 0.246. The summed E-state index contributed by atoms with van der Waals surface area (Å²) in [5.74, 6) is 1.12. The number of fused-ring (bicyclic) bond motifs is 4. The van der Waals surface area contributed by atoms with Crippen LogP contribution in [0.1, 0.15) is 0 Å². The minimum absolute atomic E-state index is 0.246. The Morgan fingerprint density at radius 1 is 0.576 bits per heavy atom. The molecule has 7 rings (SSSR count). The van der Waals surface area contributed by atoms with Crippen molar-refractivity contribution in [3.8, 4) is 28.2 Å². The Labute approximate surface area is 196 Å². The molecule has 0 spiro atoms. The topological polar surface area (TPSA) is 22.2 Å². The monoisotopic (exact) mass is 489 g/mol.